The maximum absolute atomic E-state index is 11.5. The van der Waals surface area contributed by atoms with Gasteiger partial charge in [0.1, 0.15) is 6.10 Å². The average molecular weight is 268 g/mol. The fraction of sp³-hybridized carbons (Fsp3) is 0.182. The Morgan fingerprint density at radius 1 is 1.29 bits per heavy atom. The van der Waals surface area contributed by atoms with E-state index in [0.29, 0.717) is 0 Å². The van der Waals surface area contributed by atoms with E-state index in [1.54, 1.807) is 0 Å². The van der Waals surface area contributed by atoms with Gasteiger partial charge in [-0.15, -0.1) is 22.7 Å². The highest BCUT2D eigenvalue weighted by atomic mass is 32.1. The third-order valence-electron chi connectivity index (χ3n) is 2.09. The number of carbonyl (C=O) groups excluding carboxylic acids is 1. The summed E-state index contributed by atoms with van der Waals surface area (Å²) in [4.78, 5) is 12.3. The molecule has 2 amide bonds. The highest BCUT2D eigenvalue weighted by Crippen LogP contribution is 2.18. The van der Waals surface area contributed by atoms with Crippen LogP contribution >= 0.6 is 22.7 Å². The van der Waals surface area contributed by atoms with Crippen LogP contribution in [0.2, 0.25) is 0 Å². The smallest absolute Gasteiger partial charge is 0.319 e. The number of carbonyl (C=O) groups is 1. The Bertz CT molecular complexity index is 454. The van der Waals surface area contributed by atoms with Crippen LogP contribution in [-0.4, -0.2) is 17.7 Å². The number of nitrogens with one attached hydrogen (secondary N) is 2. The summed E-state index contributed by atoms with van der Waals surface area (Å²) in [6.45, 7) is 0.206. The average Bonchev–Trinajstić information content (AvgIpc) is 2.97. The quantitative estimate of drug-likeness (QED) is 0.798. The maximum atomic E-state index is 11.5. The van der Waals surface area contributed by atoms with Gasteiger partial charge in [0, 0.05) is 4.88 Å². The predicted octanol–water partition coefficient (Wildman–Crippen LogP) is 2.66. The molecule has 0 aromatic carbocycles. The molecule has 2 aromatic heterocycles. The maximum Gasteiger partial charge on any atom is 0.319 e. The van der Waals surface area contributed by atoms with E-state index in [9.17, 15) is 9.90 Å². The van der Waals surface area contributed by atoms with E-state index in [4.69, 9.17) is 0 Å². The molecule has 2 rings (SSSR count). The Labute approximate surface area is 107 Å². The molecule has 0 radical (unpaired) electrons. The summed E-state index contributed by atoms with van der Waals surface area (Å²) in [5.74, 6) is 0. The highest BCUT2D eigenvalue weighted by molar-refractivity contribution is 7.14. The minimum atomic E-state index is -0.649. The van der Waals surface area contributed by atoms with E-state index in [1.165, 1.54) is 22.7 Å². The number of hydrogen-bond acceptors (Lipinski definition) is 4. The van der Waals surface area contributed by atoms with E-state index in [0.717, 1.165) is 9.88 Å². The number of thiophene rings is 2. The molecule has 3 N–H and O–H groups in total. The van der Waals surface area contributed by atoms with Crippen LogP contribution in [-0.2, 0) is 0 Å². The Balaban J connectivity index is 1.76. The first-order chi connectivity index (χ1) is 8.25. The lowest BCUT2D eigenvalue weighted by Crippen LogP contribution is -2.31. The van der Waals surface area contributed by atoms with Gasteiger partial charge in [-0.05, 0) is 29.0 Å². The summed E-state index contributed by atoms with van der Waals surface area (Å²) in [5.41, 5.74) is 0. The molecule has 1 atom stereocenters. The van der Waals surface area contributed by atoms with Crippen molar-refractivity contribution in [2.24, 2.45) is 0 Å². The van der Waals surface area contributed by atoms with Crippen LogP contribution < -0.4 is 10.6 Å². The molecular formula is C11H12N2O2S2. The second-order valence-corrected chi connectivity index (χ2v) is 5.27. The van der Waals surface area contributed by atoms with Crippen molar-refractivity contribution >= 4 is 33.7 Å². The van der Waals surface area contributed by atoms with Gasteiger partial charge >= 0.3 is 6.03 Å². The minimum absolute atomic E-state index is 0.206. The van der Waals surface area contributed by atoms with Gasteiger partial charge in [0.2, 0.25) is 0 Å². The van der Waals surface area contributed by atoms with E-state index in [-0.39, 0.29) is 12.6 Å². The molecule has 4 nitrogen and oxygen atoms in total. The van der Waals surface area contributed by atoms with Crippen LogP contribution in [0.4, 0.5) is 9.80 Å². The molecule has 90 valence electrons. The van der Waals surface area contributed by atoms with Gasteiger partial charge in [0.05, 0.1) is 11.5 Å². The molecule has 0 bridgehead atoms. The number of amides is 2. The fourth-order valence-electron chi connectivity index (χ4n) is 1.28. The SMILES string of the molecule is O=C(NC[C@@H](O)c1cccs1)Nc1cccs1. The van der Waals surface area contributed by atoms with Crippen molar-refractivity contribution < 1.29 is 9.90 Å². The van der Waals surface area contributed by atoms with Gasteiger partial charge in [-0.25, -0.2) is 4.79 Å². The molecule has 17 heavy (non-hydrogen) atoms. The third kappa shape index (κ3) is 3.55. The van der Waals surface area contributed by atoms with E-state index >= 15 is 0 Å². The summed E-state index contributed by atoms with van der Waals surface area (Å²) in [6, 6.07) is 7.09. The zero-order chi connectivity index (χ0) is 12.1. The lowest BCUT2D eigenvalue weighted by atomic mass is 10.3. The number of rotatable bonds is 4. The molecule has 0 aliphatic carbocycles. The van der Waals surface area contributed by atoms with Crippen LogP contribution in [0.15, 0.2) is 35.0 Å². The topological polar surface area (TPSA) is 61.4 Å². The summed E-state index contributed by atoms with van der Waals surface area (Å²) < 4.78 is 0. The molecule has 0 aliphatic rings. The van der Waals surface area contributed by atoms with Crippen LogP contribution in [0.3, 0.4) is 0 Å². The number of aliphatic hydroxyl groups excluding tert-OH is 1. The van der Waals surface area contributed by atoms with Gasteiger partial charge in [-0.3, -0.25) is 5.32 Å². The summed E-state index contributed by atoms with van der Waals surface area (Å²) in [7, 11) is 0. The number of urea groups is 1. The number of anilines is 1. The molecule has 2 aromatic rings. The van der Waals surface area contributed by atoms with Crippen molar-refractivity contribution in [2.45, 2.75) is 6.10 Å². The molecule has 0 saturated heterocycles. The van der Waals surface area contributed by atoms with Crippen molar-refractivity contribution in [3.8, 4) is 0 Å². The van der Waals surface area contributed by atoms with Crippen LogP contribution in [0.25, 0.3) is 0 Å². The monoisotopic (exact) mass is 268 g/mol. The summed E-state index contributed by atoms with van der Waals surface area (Å²) in [6.07, 6.45) is -0.649. The van der Waals surface area contributed by atoms with Crippen LogP contribution in [0.1, 0.15) is 11.0 Å². The van der Waals surface area contributed by atoms with Gasteiger partial charge in [-0.2, -0.15) is 0 Å². The minimum Gasteiger partial charge on any atom is -0.386 e. The molecule has 0 unspecified atom stereocenters. The largest absolute Gasteiger partial charge is 0.386 e. The zero-order valence-corrected chi connectivity index (χ0v) is 10.6. The zero-order valence-electron chi connectivity index (χ0n) is 8.92. The van der Waals surface area contributed by atoms with Crippen molar-refractivity contribution in [3.63, 3.8) is 0 Å². The van der Waals surface area contributed by atoms with E-state index < -0.39 is 6.10 Å². The first-order valence-electron chi connectivity index (χ1n) is 5.05. The molecular weight excluding hydrogens is 256 g/mol. The molecule has 2 heterocycles. The normalized spacial score (nSPS) is 12.1. The second kappa shape index (κ2) is 5.81. The molecule has 0 fully saturated rings. The predicted molar refractivity (Wildman–Crippen MR) is 70.6 cm³/mol. The van der Waals surface area contributed by atoms with Gasteiger partial charge in [0.25, 0.3) is 0 Å². The molecule has 6 heteroatoms. The molecule has 0 spiro atoms. The Morgan fingerprint density at radius 2 is 2.06 bits per heavy atom. The third-order valence-corrected chi connectivity index (χ3v) is 3.84. The second-order valence-electron chi connectivity index (χ2n) is 3.34. The lowest BCUT2D eigenvalue weighted by Gasteiger charge is -2.10. The summed E-state index contributed by atoms with van der Waals surface area (Å²) in [5, 5.41) is 19.6. The van der Waals surface area contributed by atoms with E-state index in [2.05, 4.69) is 10.6 Å². The van der Waals surface area contributed by atoms with Gasteiger partial charge < -0.3 is 10.4 Å². The van der Waals surface area contributed by atoms with Crippen LogP contribution in [0.5, 0.6) is 0 Å². The highest BCUT2D eigenvalue weighted by Gasteiger charge is 2.10. The van der Waals surface area contributed by atoms with Crippen molar-refractivity contribution in [2.75, 3.05) is 11.9 Å². The van der Waals surface area contributed by atoms with Gasteiger partial charge in [0.15, 0.2) is 0 Å². The number of aliphatic hydroxyl groups is 1. The van der Waals surface area contributed by atoms with Gasteiger partial charge in [-0.1, -0.05) is 6.07 Å². The van der Waals surface area contributed by atoms with Crippen LogP contribution in [0, 0.1) is 0 Å². The fourth-order valence-corrected chi connectivity index (χ4v) is 2.60. The number of hydrogen-bond donors (Lipinski definition) is 3. The summed E-state index contributed by atoms with van der Waals surface area (Å²) >= 11 is 2.92. The molecule has 0 aliphatic heterocycles. The van der Waals surface area contributed by atoms with Crippen molar-refractivity contribution in [1.29, 1.82) is 0 Å². The Hall–Kier alpha value is -1.37. The first-order valence-corrected chi connectivity index (χ1v) is 6.81. The van der Waals surface area contributed by atoms with Crippen molar-refractivity contribution in [3.05, 3.63) is 39.9 Å². The van der Waals surface area contributed by atoms with E-state index in [1.807, 2.05) is 35.0 Å². The standard InChI is InChI=1S/C11H12N2O2S2/c14-8(9-3-1-5-16-9)7-12-11(15)13-10-4-2-6-17-10/h1-6,8,14H,7H2,(H2,12,13,15)/t8-/m1/s1. The Kier molecular flexibility index (Phi) is 4.13. The Morgan fingerprint density at radius 3 is 2.71 bits per heavy atom. The lowest BCUT2D eigenvalue weighted by molar-refractivity contribution is 0.178. The van der Waals surface area contributed by atoms with Crippen molar-refractivity contribution in [1.82, 2.24) is 5.32 Å². The molecule has 0 saturated carbocycles. The first kappa shape index (κ1) is 12.1.